The first-order valence-corrected chi connectivity index (χ1v) is 5.57. The molecular weight excluding hydrogens is 230 g/mol. The number of pyridine rings is 1. The van der Waals surface area contributed by atoms with Crippen molar-refractivity contribution in [3.8, 4) is 0 Å². The minimum Gasteiger partial charge on any atom is -0.408 e. The van der Waals surface area contributed by atoms with E-state index in [0.717, 1.165) is 11.3 Å². The molecule has 5 nitrogen and oxygen atoms in total. The highest BCUT2D eigenvalue weighted by molar-refractivity contribution is 5.76. The van der Waals surface area contributed by atoms with Gasteiger partial charge in [0.15, 0.2) is 5.58 Å². The fourth-order valence-electron chi connectivity index (χ4n) is 1.77. The topological polar surface area (TPSA) is 70.9 Å². The van der Waals surface area contributed by atoms with Crippen molar-refractivity contribution in [1.29, 1.82) is 0 Å². The molecule has 18 heavy (non-hydrogen) atoms. The summed E-state index contributed by atoms with van der Waals surface area (Å²) < 4.78 is 4.94. The number of benzene rings is 1. The van der Waals surface area contributed by atoms with Crippen molar-refractivity contribution in [3.05, 3.63) is 58.8 Å². The lowest BCUT2D eigenvalue weighted by molar-refractivity contribution is 0.555. The van der Waals surface area contributed by atoms with Gasteiger partial charge in [-0.25, -0.2) is 4.79 Å². The van der Waals surface area contributed by atoms with Gasteiger partial charge in [0.2, 0.25) is 0 Å². The third-order valence-corrected chi connectivity index (χ3v) is 2.66. The lowest BCUT2D eigenvalue weighted by Crippen LogP contribution is -1.99. The first kappa shape index (κ1) is 10.6. The van der Waals surface area contributed by atoms with Crippen LogP contribution in [0.15, 0.2) is 51.9 Å². The Bertz CT molecular complexity index is 716. The van der Waals surface area contributed by atoms with Gasteiger partial charge < -0.3 is 9.73 Å². The molecule has 2 heterocycles. The molecule has 2 aromatic heterocycles. The molecule has 0 aliphatic carbocycles. The van der Waals surface area contributed by atoms with Crippen LogP contribution in [0.1, 0.15) is 5.56 Å². The van der Waals surface area contributed by atoms with E-state index in [1.54, 1.807) is 18.5 Å². The molecule has 2 N–H and O–H groups in total. The summed E-state index contributed by atoms with van der Waals surface area (Å²) >= 11 is 0. The van der Waals surface area contributed by atoms with Crippen LogP contribution in [0, 0.1) is 0 Å². The molecule has 0 fully saturated rings. The number of hydrogen-bond acceptors (Lipinski definition) is 4. The summed E-state index contributed by atoms with van der Waals surface area (Å²) in [6.07, 6.45) is 3.52. The predicted molar refractivity (Wildman–Crippen MR) is 68.4 cm³/mol. The third kappa shape index (κ3) is 2.10. The summed E-state index contributed by atoms with van der Waals surface area (Å²) in [5.74, 6) is -0.434. The van der Waals surface area contributed by atoms with Gasteiger partial charge in [-0.3, -0.25) is 9.97 Å². The van der Waals surface area contributed by atoms with Crippen LogP contribution >= 0.6 is 0 Å². The molecule has 0 atom stereocenters. The van der Waals surface area contributed by atoms with E-state index in [0.29, 0.717) is 17.6 Å². The van der Waals surface area contributed by atoms with Crippen LogP contribution in [0.4, 0.5) is 5.69 Å². The smallest absolute Gasteiger partial charge is 0.408 e. The average Bonchev–Trinajstić information content (AvgIpc) is 2.77. The predicted octanol–water partition coefficient (Wildman–Crippen LogP) is 2.13. The van der Waals surface area contributed by atoms with Gasteiger partial charge in [0.05, 0.1) is 5.52 Å². The number of oxazole rings is 1. The van der Waals surface area contributed by atoms with Crippen molar-refractivity contribution < 1.29 is 4.42 Å². The number of nitrogens with zero attached hydrogens (tertiary/aromatic N) is 1. The molecule has 90 valence electrons. The molecule has 0 bridgehead atoms. The first-order chi connectivity index (χ1) is 8.81. The van der Waals surface area contributed by atoms with E-state index in [1.165, 1.54) is 0 Å². The fraction of sp³-hybridized carbons (Fsp3) is 0.0769. The largest absolute Gasteiger partial charge is 0.417 e. The highest BCUT2D eigenvalue weighted by atomic mass is 16.4. The van der Waals surface area contributed by atoms with Crippen molar-refractivity contribution >= 4 is 16.8 Å². The van der Waals surface area contributed by atoms with E-state index in [-0.39, 0.29) is 0 Å². The van der Waals surface area contributed by atoms with E-state index in [2.05, 4.69) is 15.3 Å². The van der Waals surface area contributed by atoms with Crippen LogP contribution in [0.2, 0.25) is 0 Å². The van der Waals surface area contributed by atoms with Gasteiger partial charge in [-0.05, 0) is 35.9 Å². The van der Waals surface area contributed by atoms with Crippen molar-refractivity contribution in [1.82, 2.24) is 9.97 Å². The highest BCUT2D eigenvalue weighted by Crippen LogP contribution is 2.16. The van der Waals surface area contributed by atoms with Gasteiger partial charge in [0.25, 0.3) is 0 Å². The molecule has 1 aromatic carbocycles. The fourth-order valence-corrected chi connectivity index (χ4v) is 1.77. The summed E-state index contributed by atoms with van der Waals surface area (Å²) in [4.78, 5) is 17.6. The van der Waals surface area contributed by atoms with E-state index in [4.69, 9.17) is 4.42 Å². The molecule has 0 saturated carbocycles. The van der Waals surface area contributed by atoms with E-state index >= 15 is 0 Å². The van der Waals surface area contributed by atoms with Crippen LogP contribution in [-0.2, 0) is 6.54 Å². The number of hydrogen-bond donors (Lipinski definition) is 2. The molecule has 0 radical (unpaired) electrons. The van der Waals surface area contributed by atoms with Gasteiger partial charge in [0, 0.05) is 24.6 Å². The van der Waals surface area contributed by atoms with Gasteiger partial charge in [0.1, 0.15) is 0 Å². The van der Waals surface area contributed by atoms with Gasteiger partial charge in [-0.2, -0.15) is 0 Å². The minimum atomic E-state index is -0.434. The maximum Gasteiger partial charge on any atom is 0.417 e. The quantitative estimate of drug-likeness (QED) is 0.736. The molecule has 0 aliphatic heterocycles. The zero-order chi connectivity index (χ0) is 12.4. The lowest BCUT2D eigenvalue weighted by atomic mass is 10.2. The summed E-state index contributed by atoms with van der Waals surface area (Å²) in [6, 6.07) is 9.39. The number of fused-ring (bicyclic) bond motifs is 1. The number of H-pyrrole nitrogens is 1. The summed E-state index contributed by atoms with van der Waals surface area (Å²) in [6.45, 7) is 0.704. The summed E-state index contributed by atoms with van der Waals surface area (Å²) in [5.41, 5.74) is 3.33. The maximum atomic E-state index is 11.0. The number of aromatic amines is 1. The summed E-state index contributed by atoms with van der Waals surface area (Å²) in [7, 11) is 0. The Labute approximate surface area is 102 Å². The van der Waals surface area contributed by atoms with Gasteiger partial charge >= 0.3 is 5.76 Å². The molecule has 0 saturated heterocycles. The van der Waals surface area contributed by atoms with Crippen LogP contribution in [0.25, 0.3) is 11.1 Å². The molecule has 0 amide bonds. The zero-order valence-electron chi connectivity index (χ0n) is 9.51. The third-order valence-electron chi connectivity index (χ3n) is 2.66. The van der Waals surface area contributed by atoms with E-state index in [1.807, 2.05) is 24.3 Å². The van der Waals surface area contributed by atoms with Crippen molar-refractivity contribution in [3.63, 3.8) is 0 Å². The second kappa shape index (κ2) is 4.37. The Kier molecular flexibility index (Phi) is 2.57. The summed E-state index contributed by atoms with van der Waals surface area (Å²) in [5, 5.41) is 3.27. The normalized spacial score (nSPS) is 10.7. The second-order valence-electron chi connectivity index (χ2n) is 3.93. The standard InChI is InChI=1S/C13H11N3O2/c17-13-16-11-7-10(1-2-12(11)18-13)15-8-9-3-5-14-6-4-9/h1-7,15H,8H2,(H,16,17). The van der Waals surface area contributed by atoms with E-state index < -0.39 is 5.76 Å². The highest BCUT2D eigenvalue weighted by Gasteiger charge is 2.01. The maximum absolute atomic E-state index is 11.0. The van der Waals surface area contributed by atoms with E-state index in [9.17, 15) is 4.79 Å². The minimum absolute atomic E-state index is 0.434. The molecule has 3 rings (SSSR count). The molecule has 3 aromatic rings. The van der Waals surface area contributed by atoms with Crippen LogP contribution in [0.3, 0.4) is 0 Å². The van der Waals surface area contributed by atoms with Crippen molar-refractivity contribution in [2.75, 3.05) is 5.32 Å². The Hall–Kier alpha value is -2.56. The lowest BCUT2D eigenvalue weighted by Gasteiger charge is -2.05. The SMILES string of the molecule is O=c1[nH]c2cc(NCc3ccncc3)ccc2o1. The molecule has 0 spiro atoms. The average molecular weight is 241 g/mol. The number of anilines is 1. The molecular formula is C13H11N3O2. The Balaban J connectivity index is 1.80. The number of aromatic nitrogens is 2. The van der Waals surface area contributed by atoms with Crippen molar-refractivity contribution in [2.45, 2.75) is 6.54 Å². The molecule has 5 heteroatoms. The van der Waals surface area contributed by atoms with Gasteiger partial charge in [-0.15, -0.1) is 0 Å². The monoisotopic (exact) mass is 241 g/mol. The Morgan fingerprint density at radius 3 is 2.89 bits per heavy atom. The zero-order valence-corrected chi connectivity index (χ0v) is 9.51. The second-order valence-corrected chi connectivity index (χ2v) is 3.93. The molecule has 0 aliphatic rings. The van der Waals surface area contributed by atoms with Crippen LogP contribution < -0.4 is 11.1 Å². The number of rotatable bonds is 3. The first-order valence-electron chi connectivity index (χ1n) is 5.57. The number of nitrogens with one attached hydrogen (secondary N) is 2. The van der Waals surface area contributed by atoms with Gasteiger partial charge in [-0.1, -0.05) is 0 Å². The van der Waals surface area contributed by atoms with Crippen molar-refractivity contribution in [2.24, 2.45) is 0 Å². The molecule has 0 unspecified atom stereocenters. The Morgan fingerprint density at radius 2 is 2.06 bits per heavy atom. The van der Waals surface area contributed by atoms with Crippen LogP contribution in [-0.4, -0.2) is 9.97 Å². The Morgan fingerprint density at radius 1 is 1.22 bits per heavy atom. The van der Waals surface area contributed by atoms with Crippen LogP contribution in [0.5, 0.6) is 0 Å².